The first-order valence-corrected chi connectivity index (χ1v) is 3.74. The van der Waals surface area contributed by atoms with Gasteiger partial charge in [-0.3, -0.25) is 9.69 Å². The maximum atomic E-state index is 10.9. The number of rotatable bonds is 2. The SMILES string of the molecule is COC(=O)C1CN1C1COC1. The molecule has 62 valence electrons. The summed E-state index contributed by atoms with van der Waals surface area (Å²) in [5.74, 6) is -0.114. The Kier molecular flexibility index (Phi) is 1.58. The maximum Gasteiger partial charge on any atom is 0.324 e. The molecule has 2 aliphatic heterocycles. The van der Waals surface area contributed by atoms with E-state index >= 15 is 0 Å². The van der Waals surface area contributed by atoms with E-state index in [1.807, 2.05) is 0 Å². The van der Waals surface area contributed by atoms with Crippen LogP contribution in [0.3, 0.4) is 0 Å². The smallest absolute Gasteiger partial charge is 0.324 e. The molecule has 0 bridgehead atoms. The summed E-state index contributed by atoms with van der Waals surface area (Å²) < 4.78 is 9.61. The molecule has 0 radical (unpaired) electrons. The summed E-state index contributed by atoms with van der Waals surface area (Å²) in [5, 5.41) is 0. The van der Waals surface area contributed by atoms with Crippen molar-refractivity contribution in [2.45, 2.75) is 12.1 Å². The number of nitrogens with zero attached hydrogens (tertiary/aromatic N) is 1. The van der Waals surface area contributed by atoms with E-state index in [9.17, 15) is 4.79 Å². The van der Waals surface area contributed by atoms with Crippen molar-refractivity contribution in [3.63, 3.8) is 0 Å². The lowest BCUT2D eigenvalue weighted by Gasteiger charge is -2.27. The van der Waals surface area contributed by atoms with Crippen LogP contribution in [0.15, 0.2) is 0 Å². The molecule has 2 saturated heterocycles. The van der Waals surface area contributed by atoms with Crippen LogP contribution in [-0.2, 0) is 14.3 Å². The van der Waals surface area contributed by atoms with Gasteiger partial charge in [0.2, 0.25) is 0 Å². The second kappa shape index (κ2) is 2.46. The highest BCUT2D eigenvalue weighted by Gasteiger charge is 2.47. The van der Waals surface area contributed by atoms with Crippen LogP contribution in [0.25, 0.3) is 0 Å². The van der Waals surface area contributed by atoms with Gasteiger partial charge in [-0.15, -0.1) is 0 Å². The second-order valence-electron chi connectivity index (χ2n) is 2.93. The Hall–Kier alpha value is -0.610. The van der Waals surface area contributed by atoms with Crippen LogP contribution < -0.4 is 0 Å². The highest BCUT2D eigenvalue weighted by atomic mass is 16.5. The van der Waals surface area contributed by atoms with Gasteiger partial charge in [-0.05, 0) is 0 Å². The van der Waals surface area contributed by atoms with Crippen LogP contribution in [0.1, 0.15) is 0 Å². The maximum absolute atomic E-state index is 10.9. The van der Waals surface area contributed by atoms with Crippen molar-refractivity contribution in [1.82, 2.24) is 4.90 Å². The molecule has 0 aliphatic carbocycles. The average molecular weight is 157 g/mol. The van der Waals surface area contributed by atoms with Gasteiger partial charge in [-0.1, -0.05) is 0 Å². The summed E-state index contributed by atoms with van der Waals surface area (Å²) in [6.07, 6.45) is 0. The van der Waals surface area contributed by atoms with Crippen molar-refractivity contribution in [2.75, 3.05) is 26.9 Å². The average Bonchev–Trinajstić information content (AvgIpc) is 2.63. The molecule has 0 amide bonds. The Labute approximate surface area is 65.1 Å². The van der Waals surface area contributed by atoms with Crippen molar-refractivity contribution in [2.24, 2.45) is 0 Å². The Morgan fingerprint density at radius 3 is 2.82 bits per heavy atom. The van der Waals surface area contributed by atoms with Gasteiger partial charge in [0.05, 0.1) is 26.4 Å². The Morgan fingerprint density at radius 1 is 1.64 bits per heavy atom. The van der Waals surface area contributed by atoms with Crippen LogP contribution in [-0.4, -0.2) is 49.8 Å². The quantitative estimate of drug-likeness (QED) is 0.390. The Morgan fingerprint density at radius 2 is 2.36 bits per heavy atom. The van der Waals surface area contributed by atoms with Crippen molar-refractivity contribution in [3.8, 4) is 0 Å². The number of carbonyl (C=O) groups excluding carboxylic acids is 1. The molecule has 0 spiro atoms. The lowest BCUT2D eigenvalue weighted by atomic mass is 10.2. The lowest BCUT2D eigenvalue weighted by Crippen LogP contribution is -2.41. The molecule has 2 fully saturated rings. The molecular weight excluding hydrogens is 146 g/mol. The van der Waals surface area contributed by atoms with Gasteiger partial charge in [0.15, 0.2) is 0 Å². The number of carbonyl (C=O) groups is 1. The van der Waals surface area contributed by atoms with E-state index < -0.39 is 0 Å². The molecule has 11 heavy (non-hydrogen) atoms. The summed E-state index contributed by atoms with van der Waals surface area (Å²) in [6, 6.07) is 0.494. The third-order valence-corrected chi connectivity index (χ3v) is 2.21. The molecule has 2 atom stereocenters. The summed E-state index contributed by atoms with van der Waals surface area (Å²) in [4.78, 5) is 13.0. The van der Waals surface area contributed by atoms with Crippen LogP contribution in [0.5, 0.6) is 0 Å². The molecule has 0 aromatic heterocycles. The minimum absolute atomic E-state index is 0.0221. The molecule has 2 unspecified atom stereocenters. The molecular formula is C7H11NO3. The van der Waals surface area contributed by atoms with E-state index in [4.69, 9.17) is 4.74 Å². The van der Waals surface area contributed by atoms with Gasteiger partial charge in [0.25, 0.3) is 0 Å². The van der Waals surface area contributed by atoms with Gasteiger partial charge in [-0.2, -0.15) is 0 Å². The van der Waals surface area contributed by atoms with Crippen LogP contribution >= 0.6 is 0 Å². The molecule has 4 nitrogen and oxygen atoms in total. The molecule has 2 heterocycles. The fourth-order valence-corrected chi connectivity index (χ4v) is 1.32. The van der Waals surface area contributed by atoms with Gasteiger partial charge in [0, 0.05) is 6.54 Å². The first-order valence-electron chi connectivity index (χ1n) is 3.74. The first kappa shape index (κ1) is 7.06. The number of ether oxygens (including phenoxy) is 2. The zero-order valence-electron chi connectivity index (χ0n) is 6.45. The standard InChI is InChI=1S/C7H11NO3/c1-10-7(9)6-2-8(6)5-3-11-4-5/h5-6H,2-4H2,1H3. The Bertz CT molecular complexity index is 179. The van der Waals surface area contributed by atoms with Crippen LogP contribution in [0.4, 0.5) is 0 Å². The van der Waals surface area contributed by atoms with E-state index in [2.05, 4.69) is 9.64 Å². The lowest BCUT2D eigenvalue weighted by molar-refractivity contribution is -0.142. The molecule has 2 rings (SSSR count). The van der Waals surface area contributed by atoms with Crippen molar-refractivity contribution in [1.29, 1.82) is 0 Å². The van der Waals surface area contributed by atoms with E-state index in [0.717, 1.165) is 19.8 Å². The molecule has 2 aliphatic rings. The Balaban J connectivity index is 1.80. The third-order valence-electron chi connectivity index (χ3n) is 2.21. The highest BCUT2D eigenvalue weighted by molar-refractivity contribution is 5.79. The van der Waals surface area contributed by atoms with Crippen molar-refractivity contribution < 1.29 is 14.3 Å². The molecule has 0 aromatic rings. The highest BCUT2D eigenvalue weighted by Crippen LogP contribution is 2.26. The van der Waals surface area contributed by atoms with Gasteiger partial charge in [0.1, 0.15) is 6.04 Å². The number of methoxy groups -OCH3 is 1. The van der Waals surface area contributed by atoms with Crippen molar-refractivity contribution in [3.05, 3.63) is 0 Å². The normalized spacial score (nSPS) is 36.1. The van der Waals surface area contributed by atoms with Gasteiger partial charge >= 0.3 is 5.97 Å². The topological polar surface area (TPSA) is 38.5 Å². The van der Waals surface area contributed by atoms with Crippen LogP contribution in [0.2, 0.25) is 0 Å². The molecule has 0 N–H and O–H groups in total. The summed E-state index contributed by atoms with van der Waals surface area (Å²) in [5.41, 5.74) is 0. The summed E-state index contributed by atoms with van der Waals surface area (Å²) in [7, 11) is 1.43. The predicted octanol–water partition coefficient (Wildman–Crippen LogP) is -0.758. The van der Waals surface area contributed by atoms with Crippen LogP contribution in [0, 0.1) is 0 Å². The molecule has 4 heteroatoms. The van der Waals surface area contributed by atoms with E-state index in [1.165, 1.54) is 7.11 Å². The number of esters is 1. The fraction of sp³-hybridized carbons (Fsp3) is 0.857. The van der Waals surface area contributed by atoms with E-state index in [-0.39, 0.29) is 12.0 Å². The fourth-order valence-electron chi connectivity index (χ4n) is 1.32. The largest absolute Gasteiger partial charge is 0.468 e. The minimum Gasteiger partial charge on any atom is -0.468 e. The monoisotopic (exact) mass is 157 g/mol. The van der Waals surface area contributed by atoms with Gasteiger partial charge < -0.3 is 9.47 Å². The molecule has 0 aromatic carbocycles. The number of hydrogen-bond acceptors (Lipinski definition) is 4. The van der Waals surface area contributed by atoms with E-state index in [1.54, 1.807) is 0 Å². The molecule has 0 saturated carbocycles. The van der Waals surface area contributed by atoms with Gasteiger partial charge in [-0.25, -0.2) is 0 Å². The third kappa shape index (κ3) is 1.12. The minimum atomic E-state index is -0.114. The summed E-state index contributed by atoms with van der Waals surface area (Å²) >= 11 is 0. The van der Waals surface area contributed by atoms with Crippen molar-refractivity contribution >= 4 is 5.97 Å². The second-order valence-corrected chi connectivity index (χ2v) is 2.93. The zero-order chi connectivity index (χ0) is 7.84. The predicted molar refractivity (Wildman–Crippen MR) is 37.1 cm³/mol. The summed E-state index contributed by atoms with van der Waals surface area (Å²) in [6.45, 7) is 2.39. The van der Waals surface area contributed by atoms with E-state index in [0.29, 0.717) is 6.04 Å². The zero-order valence-corrected chi connectivity index (χ0v) is 6.45. The number of hydrogen-bond donors (Lipinski definition) is 0. The first-order chi connectivity index (χ1) is 5.33.